The van der Waals surface area contributed by atoms with Gasteiger partial charge in [-0.3, -0.25) is 14.4 Å². The van der Waals surface area contributed by atoms with Gasteiger partial charge in [0.05, 0.1) is 0 Å². The molecule has 0 radical (unpaired) electrons. The van der Waals surface area contributed by atoms with Crippen molar-refractivity contribution in [3.63, 3.8) is 0 Å². The Labute approximate surface area is 387 Å². The second-order valence-corrected chi connectivity index (χ2v) is 19.2. The Morgan fingerprint density at radius 2 is 0.435 bits per heavy atom. The fourth-order valence-corrected chi connectivity index (χ4v) is 8.62. The summed E-state index contributed by atoms with van der Waals surface area (Å²) in [5, 5.41) is 0. The van der Waals surface area contributed by atoms with Gasteiger partial charge in [-0.25, -0.2) is 0 Å². The Bertz CT molecular complexity index is 920. The van der Waals surface area contributed by atoms with Crippen LogP contribution in [-0.4, -0.2) is 37.2 Å². The second kappa shape index (κ2) is 52.0. The van der Waals surface area contributed by atoms with E-state index in [1.54, 1.807) is 0 Å². The third kappa shape index (κ3) is 49.4. The Morgan fingerprint density at radius 1 is 0.258 bits per heavy atom. The van der Waals surface area contributed by atoms with E-state index in [0.29, 0.717) is 19.3 Å². The fourth-order valence-electron chi connectivity index (χ4n) is 8.62. The third-order valence-corrected chi connectivity index (χ3v) is 12.9. The Hall–Kier alpha value is -1.59. The molecule has 0 fully saturated rings. The summed E-state index contributed by atoms with van der Waals surface area (Å²) in [6.45, 7) is 6.56. The summed E-state index contributed by atoms with van der Waals surface area (Å²) in [6, 6.07) is 0. The number of unbranched alkanes of at least 4 members (excludes halogenated alkanes) is 41. The highest BCUT2D eigenvalue weighted by Crippen LogP contribution is 2.18. The van der Waals surface area contributed by atoms with E-state index in [4.69, 9.17) is 14.2 Å². The van der Waals surface area contributed by atoms with Gasteiger partial charge in [-0.15, -0.1) is 0 Å². The Morgan fingerprint density at radius 3 is 0.645 bits per heavy atom. The highest BCUT2D eigenvalue weighted by Gasteiger charge is 2.19. The van der Waals surface area contributed by atoms with Crippen LogP contribution in [0.3, 0.4) is 0 Å². The van der Waals surface area contributed by atoms with Gasteiger partial charge >= 0.3 is 17.9 Å². The van der Waals surface area contributed by atoms with E-state index in [-0.39, 0.29) is 31.1 Å². The molecule has 62 heavy (non-hydrogen) atoms. The SMILES string of the molecule is CCCCCCCCCCCCCCCCCCCCCCCCCCCCCCCCCC(=O)OCC(COC(=O)CCCCCCC)OC(=O)CCCCCCCCCC. The van der Waals surface area contributed by atoms with Crippen molar-refractivity contribution in [2.45, 2.75) is 329 Å². The summed E-state index contributed by atoms with van der Waals surface area (Å²) in [6.07, 6.45) is 57.6. The first-order valence-corrected chi connectivity index (χ1v) is 28.0. The van der Waals surface area contributed by atoms with Gasteiger partial charge in [0.2, 0.25) is 0 Å². The van der Waals surface area contributed by atoms with E-state index in [0.717, 1.165) is 64.2 Å². The molecule has 1 unspecified atom stereocenters. The van der Waals surface area contributed by atoms with E-state index in [1.165, 1.54) is 218 Å². The van der Waals surface area contributed by atoms with Crippen molar-refractivity contribution >= 4 is 17.9 Å². The molecule has 0 saturated heterocycles. The first kappa shape index (κ1) is 60.4. The molecule has 0 aliphatic rings. The zero-order valence-electron chi connectivity index (χ0n) is 42.2. The molecule has 0 heterocycles. The number of rotatable bonds is 52. The average Bonchev–Trinajstić information content (AvgIpc) is 3.27. The molecular weight excluding hydrogens is 769 g/mol. The highest BCUT2D eigenvalue weighted by atomic mass is 16.6. The van der Waals surface area contributed by atoms with Crippen LogP contribution >= 0.6 is 0 Å². The van der Waals surface area contributed by atoms with Gasteiger partial charge in [0.25, 0.3) is 0 Å². The van der Waals surface area contributed by atoms with Crippen molar-refractivity contribution < 1.29 is 28.6 Å². The van der Waals surface area contributed by atoms with Crippen LogP contribution in [0.4, 0.5) is 0 Å². The largest absolute Gasteiger partial charge is 0.462 e. The first-order chi connectivity index (χ1) is 30.5. The number of carbonyl (C=O) groups is 3. The molecule has 0 rings (SSSR count). The summed E-state index contributed by atoms with van der Waals surface area (Å²) < 4.78 is 16.6. The minimum Gasteiger partial charge on any atom is -0.462 e. The third-order valence-electron chi connectivity index (χ3n) is 12.9. The van der Waals surface area contributed by atoms with E-state index >= 15 is 0 Å². The van der Waals surface area contributed by atoms with Gasteiger partial charge in [0, 0.05) is 19.3 Å². The zero-order valence-corrected chi connectivity index (χ0v) is 42.2. The molecule has 6 nitrogen and oxygen atoms in total. The summed E-state index contributed by atoms with van der Waals surface area (Å²) >= 11 is 0. The molecular formula is C56H108O6. The maximum atomic E-state index is 12.6. The lowest BCUT2D eigenvalue weighted by atomic mass is 10.0. The zero-order chi connectivity index (χ0) is 45.1. The Balaban J connectivity index is 3.76. The van der Waals surface area contributed by atoms with Crippen molar-refractivity contribution in [1.82, 2.24) is 0 Å². The quantitative estimate of drug-likeness (QED) is 0.0344. The van der Waals surface area contributed by atoms with Crippen molar-refractivity contribution in [1.29, 1.82) is 0 Å². The Kier molecular flexibility index (Phi) is 50.7. The molecule has 0 N–H and O–H groups in total. The molecule has 0 spiro atoms. The minimum atomic E-state index is -0.757. The van der Waals surface area contributed by atoms with Gasteiger partial charge in [-0.1, -0.05) is 284 Å². The minimum absolute atomic E-state index is 0.0641. The van der Waals surface area contributed by atoms with Crippen LogP contribution in [0.15, 0.2) is 0 Å². The van der Waals surface area contributed by atoms with Gasteiger partial charge in [0.15, 0.2) is 6.10 Å². The summed E-state index contributed by atoms with van der Waals surface area (Å²) in [7, 11) is 0. The van der Waals surface area contributed by atoms with Crippen LogP contribution in [0.1, 0.15) is 323 Å². The topological polar surface area (TPSA) is 78.9 Å². The molecule has 0 aromatic heterocycles. The molecule has 368 valence electrons. The van der Waals surface area contributed by atoms with Gasteiger partial charge < -0.3 is 14.2 Å². The van der Waals surface area contributed by atoms with E-state index in [2.05, 4.69) is 20.8 Å². The normalized spacial score (nSPS) is 11.9. The highest BCUT2D eigenvalue weighted by molar-refractivity contribution is 5.71. The van der Waals surface area contributed by atoms with Crippen molar-refractivity contribution in [2.24, 2.45) is 0 Å². The van der Waals surface area contributed by atoms with Crippen molar-refractivity contribution in [3.05, 3.63) is 0 Å². The number of hydrogen-bond acceptors (Lipinski definition) is 6. The predicted molar refractivity (Wildman–Crippen MR) is 266 cm³/mol. The van der Waals surface area contributed by atoms with E-state index in [9.17, 15) is 14.4 Å². The van der Waals surface area contributed by atoms with Gasteiger partial charge in [-0.2, -0.15) is 0 Å². The molecule has 0 saturated carbocycles. The number of ether oxygens (including phenoxy) is 3. The fraction of sp³-hybridized carbons (Fsp3) is 0.946. The van der Waals surface area contributed by atoms with Crippen molar-refractivity contribution in [3.8, 4) is 0 Å². The molecule has 6 heteroatoms. The maximum absolute atomic E-state index is 12.6. The summed E-state index contributed by atoms with van der Waals surface area (Å²) in [5.74, 6) is -0.867. The molecule has 0 aromatic rings. The smallest absolute Gasteiger partial charge is 0.306 e. The summed E-state index contributed by atoms with van der Waals surface area (Å²) in [4.78, 5) is 37.5. The van der Waals surface area contributed by atoms with E-state index in [1.807, 2.05) is 0 Å². The lowest BCUT2D eigenvalue weighted by molar-refractivity contribution is -0.167. The lowest BCUT2D eigenvalue weighted by Gasteiger charge is -2.18. The molecule has 0 aliphatic carbocycles. The van der Waals surface area contributed by atoms with Crippen LogP contribution < -0.4 is 0 Å². The predicted octanol–water partition coefficient (Wildman–Crippen LogP) is 18.4. The standard InChI is InChI=1S/C56H108O6/c1-4-7-10-13-15-17-18-19-20-21-22-23-24-25-26-27-28-29-30-31-32-33-34-35-36-37-38-39-41-43-46-49-55(58)61-52-53(51-60-54(57)48-45-42-12-9-6-3)62-56(59)50-47-44-40-16-14-11-8-5-2/h53H,4-52H2,1-3H3. The monoisotopic (exact) mass is 877 g/mol. The van der Waals surface area contributed by atoms with Crippen LogP contribution in [0.5, 0.6) is 0 Å². The van der Waals surface area contributed by atoms with Gasteiger partial charge in [0.1, 0.15) is 13.2 Å². The molecule has 0 bridgehead atoms. The number of carbonyl (C=O) groups excluding carboxylic acids is 3. The van der Waals surface area contributed by atoms with Gasteiger partial charge in [-0.05, 0) is 19.3 Å². The number of esters is 3. The number of hydrogen-bond donors (Lipinski definition) is 0. The summed E-state index contributed by atoms with van der Waals surface area (Å²) in [5.41, 5.74) is 0. The second-order valence-electron chi connectivity index (χ2n) is 19.2. The van der Waals surface area contributed by atoms with Crippen LogP contribution in [0, 0.1) is 0 Å². The molecule has 1 atom stereocenters. The maximum Gasteiger partial charge on any atom is 0.306 e. The van der Waals surface area contributed by atoms with Crippen LogP contribution in [-0.2, 0) is 28.6 Å². The van der Waals surface area contributed by atoms with Crippen LogP contribution in [0.25, 0.3) is 0 Å². The van der Waals surface area contributed by atoms with Crippen LogP contribution in [0.2, 0.25) is 0 Å². The average molecular weight is 877 g/mol. The first-order valence-electron chi connectivity index (χ1n) is 28.0. The molecule has 0 aromatic carbocycles. The lowest BCUT2D eigenvalue weighted by Crippen LogP contribution is -2.30. The van der Waals surface area contributed by atoms with Crippen molar-refractivity contribution in [2.75, 3.05) is 13.2 Å². The molecule has 0 amide bonds. The van der Waals surface area contributed by atoms with E-state index < -0.39 is 6.10 Å². The molecule has 0 aliphatic heterocycles.